The Morgan fingerprint density at radius 3 is 2.70 bits per heavy atom. The average Bonchev–Trinajstić information content (AvgIpc) is 2.43. The minimum absolute atomic E-state index is 0.283. The van der Waals surface area contributed by atoms with E-state index in [2.05, 4.69) is 10.7 Å². The molecule has 0 aliphatic carbocycles. The zero-order chi connectivity index (χ0) is 14.7. The van der Waals surface area contributed by atoms with Gasteiger partial charge in [0.25, 0.3) is 5.91 Å². The van der Waals surface area contributed by atoms with E-state index < -0.39 is 0 Å². The molecule has 1 amide bonds. The number of hydrogen-bond donors (Lipinski definition) is 3. The number of rotatable bonds is 3. The summed E-state index contributed by atoms with van der Waals surface area (Å²) in [5.41, 5.74) is 4.99. The first-order chi connectivity index (χ1) is 9.52. The minimum Gasteiger partial charge on any atom is -0.324 e. The lowest BCUT2D eigenvalue weighted by Gasteiger charge is -2.11. The molecule has 0 aliphatic rings. The summed E-state index contributed by atoms with van der Waals surface area (Å²) >= 11 is 1.86. The van der Waals surface area contributed by atoms with Crippen LogP contribution in [0.25, 0.3) is 0 Å². The predicted octanol–water partition coefficient (Wildman–Crippen LogP) is 3.28. The lowest BCUT2D eigenvalue weighted by atomic mass is 10.1. The van der Waals surface area contributed by atoms with Gasteiger partial charge in [-0.1, -0.05) is 6.07 Å². The van der Waals surface area contributed by atoms with Crippen molar-refractivity contribution >= 4 is 39.9 Å². The lowest BCUT2D eigenvalue weighted by molar-refractivity contribution is 0.102. The quantitative estimate of drug-likeness (QED) is 0.432. The summed E-state index contributed by atoms with van der Waals surface area (Å²) in [7, 11) is 0. The van der Waals surface area contributed by atoms with Crippen molar-refractivity contribution in [3.05, 3.63) is 56.9 Å². The highest BCUT2D eigenvalue weighted by Gasteiger charge is 2.12. The van der Waals surface area contributed by atoms with Gasteiger partial charge in [0.2, 0.25) is 0 Å². The third-order valence-corrected chi connectivity index (χ3v) is 3.93. The lowest BCUT2D eigenvalue weighted by Crippen LogP contribution is -2.15. The molecular formula is C14H13FIN3O. The van der Waals surface area contributed by atoms with Crippen LogP contribution in [0.4, 0.5) is 15.8 Å². The van der Waals surface area contributed by atoms with Gasteiger partial charge in [-0.3, -0.25) is 10.6 Å². The highest BCUT2D eigenvalue weighted by Crippen LogP contribution is 2.22. The second-order valence-corrected chi connectivity index (χ2v) is 5.31. The molecule has 0 aliphatic heterocycles. The van der Waals surface area contributed by atoms with Crippen LogP contribution in [0.15, 0.2) is 36.4 Å². The molecule has 0 heterocycles. The molecule has 6 heteroatoms. The zero-order valence-corrected chi connectivity index (χ0v) is 12.9. The summed E-state index contributed by atoms with van der Waals surface area (Å²) in [6.45, 7) is 1.81. The Labute approximate surface area is 129 Å². The van der Waals surface area contributed by atoms with Crippen LogP contribution in [0.1, 0.15) is 15.9 Å². The fourth-order valence-corrected chi connectivity index (χ4v) is 2.29. The maximum absolute atomic E-state index is 13.4. The van der Waals surface area contributed by atoms with E-state index in [1.54, 1.807) is 30.3 Å². The Morgan fingerprint density at radius 1 is 1.30 bits per heavy atom. The van der Waals surface area contributed by atoms with Crippen molar-refractivity contribution in [2.75, 3.05) is 10.7 Å². The maximum Gasteiger partial charge on any atom is 0.255 e. The van der Waals surface area contributed by atoms with E-state index in [0.29, 0.717) is 14.8 Å². The summed E-state index contributed by atoms with van der Waals surface area (Å²) < 4.78 is 13.8. The molecule has 0 aromatic heterocycles. The first kappa shape index (κ1) is 14.7. The number of nitrogens with one attached hydrogen (secondary N) is 2. The number of benzene rings is 2. The molecule has 0 atom stereocenters. The normalized spacial score (nSPS) is 10.2. The third kappa shape index (κ3) is 3.07. The van der Waals surface area contributed by atoms with Crippen LogP contribution in [0.2, 0.25) is 0 Å². The van der Waals surface area contributed by atoms with Gasteiger partial charge in [0.1, 0.15) is 5.82 Å². The van der Waals surface area contributed by atoms with Gasteiger partial charge in [-0.15, -0.1) is 0 Å². The molecule has 0 spiro atoms. The zero-order valence-electron chi connectivity index (χ0n) is 10.7. The maximum atomic E-state index is 13.4. The van der Waals surface area contributed by atoms with Gasteiger partial charge in [-0.25, -0.2) is 4.39 Å². The van der Waals surface area contributed by atoms with Crippen LogP contribution in [0.5, 0.6) is 0 Å². The highest BCUT2D eigenvalue weighted by atomic mass is 127. The van der Waals surface area contributed by atoms with Gasteiger partial charge in [0, 0.05) is 11.3 Å². The largest absolute Gasteiger partial charge is 0.324 e. The molecule has 0 saturated carbocycles. The number of halogens is 2. The van der Waals surface area contributed by atoms with Crippen molar-refractivity contribution in [2.45, 2.75) is 6.92 Å². The van der Waals surface area contributed by atoms with Crippen molar-refractivity contribution in [3.63, 3.8) is 0 Å². The van der Waals surface area contributed by atoms with Crippen LogP contribution >= 0.6 is 22.6 Å². The van der Waals surface area contributed by atoms with E-state index in [1.165, 1.54) is 6.07 Å². The van der Waals surface area contributed by atoms with E-state index in [9.17, 15) is 9.18 Å². The van der Waals surface area contributed by atoms with E-state index in [4.69, 9.17) is 5.84 Å². The van der Waals surface area contributed by atoms with Crippen molar-refractivity contribution in [1.82, 2.24) is 0 Å². The van der Waals surface area contributed by atoms with Crippen molar-refractivity contribution in [1.29, 1.82) is 0 Å². The standard InChI is InChI=1S/C14H13FIN3O/c1-8-7-9(19-17)5-6-10(8)14(20)18-12-4-2-3-11(15)13(12)16/h2-7,19H,17H2,1H3,(H,18,20). The number of carbonyl (C=O) groups is 1. The van der Waals surface area contributed by atoms with Gasteiger partial charge >= 0.3 is 0 Å². The van der Waals surface area contributed by atoms with Crippen LogP contribution in [-0.2, 0) is 0 Å². The summed E-state index contributed by atoms with van der Waals surface area (Å²) in [5, 5.41) is 2.71. The van der Waals surface area contributed by atoms with Crippen molar-refractivity contribution < 1.29 is 9.18 Å². The molecule has 20 heavy (non-hydrogen) atoms. The molecule has 0 bridgehead atoms. The Balaban J connectivity index is 2.26. The second kappa shape index (κ2) is 6.19. The number of anilines is 2. The smallest absolute Gasteiger partial charge is 0.255 e. The predicted molar refractivity (Wildman–Crippen MR) is 86.1 cm³/mol. The topological polar surface area (TPSA) is 67.1 Å². The molecule has 2 aromatic carbocycles. The summed E-state index contributed by atoms with van der Waals surface area (Å²) in [6, 6.07) is 9.72. The Bertz CT molecular complexity index is 661. The SMILES string of the molecule is Cc1cc(NN)ccc1C(=O)Nc1cccc(F)c1I. The molecule has 4 N–H and O–H groups in total. The average molecular weight is 385 g/mol. The molecule has 0 saturated heterocycles. The van der Waals surface area contributed by atoms with Gasteiger partial charge in [-0.2, -0.15) is 0 Å². The fraction of sp³-hybridized carbons (Fsp3) is 0.0714. The number of nitrogens with two attached hydrogens (primary N) is 1. The van der Waals surface area contributed by atoms with Crippen LogP contribution < -0.4 is 16.6 Å². The monoisotopic (exact) mass is 385 g/mol. The molecule has 0 unspecified atom stereocenters. The number of hydrogen-bond acceptors (Lipinski definition) is 3. The van der Waals surface area contributed by atoms with Gasteiger partial charge in [0.15, 0.2) is 0 Å². The second-order valence-electron chi connectivity index (χ2n) is 4.23. The Hall–Kier alpha value is -1.67. The number of aryl methyl sites for hydroxylation is 1. The van der Waals surface area contributed by atoms with E-state index in [0.717, 1.165) is 11.3 Å². The minimum atomic E-state index is -0.359. The first-order valence-electron chi connectivity index (χ1n) is 5.85. The van der Waals surface area contributed by atoms with Crippen molar-refractivity contribution in [3.8, 4) is 0 Å². The van der Waals surface area contributed by atoms with Gasteiger partial charge < -0.3 is 10.7 Å². The number of nitrogen functional groups attached to an aromatic ring is 1. The Morgan fingerprint density at radius 2 is 2.05 bits per heavy atom. The summed E-state index contributed by atoms with van der Waals surface area (Å²) in [6.07, 6.45) is 0. The van der Waals surface area contributed by atoms with Gasteiger partial charge in [-0.05, 0) is 65.4 Å². The molecule has 2 rings (SSSR count). The summed E-state index contributed by atoms with van der Waals surface area (Å²) in [5.74, 6) is 4.67. The van der Waals surface area contributed by atoms with Gasteiger partial charge in [0.05, 0.1) is 9.26 Å². The molecular weight excluding hydrogens is 372 g/mol. The van der Waals surface area contributed by atoms with Crippen LogP contribution in [-0.4, -0.2) is 5.91 Å². The van der Waals surface area contributed by atoms with Crippen molar-refractivity contribution in [2.24, 2.45) is 5.84 Å². The van der Waals surface area contributed by atoms with E-state index in [1.807, 2.05) is 29.5 Å². The van der Waals surface area contributed by atoms with Crippen LogP contribution in [0, 0.1) is 16.3 Å². The first-order valence-corrected chi connectivity index (χ1v) is 6.93. The molecule has 2 aromatic rings. The van der Waals surface area contributed by atoms with E-state index >= 15 is 0 Å². The highest BCUT2D eigenvalue weighted by molar-refractivity contribution is 14.1. The Kier molecular flexibility index (Phi) is 4.56. The molecule has 4 nitrogen and oxygen atoms in total. The van der Waals surface area contributed by atoms with E-state index in [-0.39, 0.29) is 11.7 Å². The third-order valence-electron chi connectivity index (χ3n) is 2.84. The molecule has 104 valence electrons. The molecule has 0 fully saturated rings. The number of hydrazine groups is 1. The molecule has 0 radical (unpaired) electrons. The number of amides is 1. The number of carbonyl (C=O) groups excluding carboxylic acids is 1. The van der Waals surface area contributed by atoms with Crippen LogP contribution in [0.3, 0.4) is 0 Å². The fourth-order valence-electron chi connectivity index (χ4n) is 1.80. The summed E-state index contributed by atoms with van der Waals surface area (Å²) in [4.78, 5) is 12.2.